The van der Waals surface area contributed by atoms with Crippen molar-refractivity contribution >= 4 is 43.2 Å². The number of thiophene rings is 1. The average molecular weight is 475 g/mol. The second-order valence-electron chi connectivity index (χ2n) is 6.62. The first kappa shape index (κ1) is 20.5. The molecular weight excluding hydrogens is 452 g/mol. The monoisotopic (exact) mass is 474 g/mol. The summed E-state index contributed by atoms with van der Waals surface area (Å²) in [7, 11) is -1.58. The normalized spacial score (nSPS) is 16.1. The fourth-order valence-corrected chi connectivity index (χ4v) is 6.90. The van der Waals surface area contributed by atoms with Gasteiger partial charge in [0.1, 0.15) is 4.21 Å². The molecule has 10 heteroatoms. The second kappa shape index (κ2) is 8.02. The lowest BCUT2D eigenvalue weighted by Crippen LogP contribution is -2.50. The molecule has 0 aromatic carbocycles. The molecule has 0 spiro atoms. The van der Waals surface area contributed by atoms with Crippen LogP contribution in [0.4, 0.5) is 0 Å². The summed E-state index contributed by atoms with van der Waals surface area (Å²) < 4.78 is 29.8. The minimum atomic E-state index is -3.48. The quantitative estimate of drug-likeness (QED) is 0.666. The Morgan fingerprint density at radius 2 is 1.89 bits per heavy atom. The number of sulfonamides is 1. The highest BCUT2D eigenvalue weighted by atomic mass is 79.9. The van der Waals surface area contributed by atoms with E-state index in [1.165, 1.54) is 15.6 Å². The lowest BCUT2D eigenvalue weighted by Gasteiger charge is -2.33. The van der Waals surface area contributed by atoms with Crippen molar-refractivity contribution in [1.29, 1.82) is 0 Å². The van der Waals surface area contributed by atoms with Crippen LogP contribution < -0.4 is 0 Å². The van der Waals surface area contributed by atoms with Gasteiger partial charge in [0.25, 0.3) is 10.0 Å². The maximum absolute atomic E-state index is 12.7. The van der Waals surface area contributed by atoms with Crippen molar-refractivity contribution in [2.45, 2.75) is 30.9 Å². The SMILES string of the molecule is Cc1nn(C)c(C)c1CCC(=O)N1CCN(S(=O)(=O)c2ccc(Br)s2)CC1. The average Bonchev–Trinajstić information content (AvgIpc) is 3.17. The number of carbonyl (C=O) groups excluding carboxylic acids is 1. The van der Waals surface area contributed by atoms with Gasteiger partial charge in [0.05, 0.1) is 9.48 Å². The van der Waals surface area contributed by atoms with E-state index in [1.54, 1.807) is 17.0 Å². The topological polar surface area (TPSA) is 75.5 Å². The minimum Gasteiger partial charge on any atom is -0.340 e. The van der Waals surface area contributed by atoms with Crippen LogP contribution in [0.5, 0.6) is 0 Å². The van der Waals surface area contributed by atoms with E-state index in [4.69, 9.17) is 0 Å². The summed E-state index contributed by atoms with van der Waals surface area (Å²) >= 11 is 4.51. The first-order chi connectivity index (χ1) is 12.7. The molecule has 3 heterocycles. The Morgan fingerprint density at radius 3 is 2.41 bits per heavy atom. The summed E-state index contributed by atoms with van der Waals surface area (Å²) in [5.74, 6) is 0.0635. The van der Waals surface area contributed by atoms with Crippen LogP contribution in [0, 0.1) is 13.8 Å². The first-order valence-electron chi connectivity index (χ1n) is 8.72. The molecule has 0 aliphatic carbocycles. The standard InChI is InChI=1S/C17H23BrN4O3S2/c1-12-14(13(2)20(3)19-12)4-6-16(23)21-8-10-22(11-9-21)27(24,25)17-7-5-15(18)26-17/h5,7H,4,6,8-11H2,1-3H3. The van der Waals surface area contributed by atoms with Crippen molar-refractivity contribution in [3.8, 4) is 0 Å². The van der Waals surface area contributed by atoms with Crippen LogP contribution in [0.2, 0.25) is 0 Å². The number of nitrogens with zero attached hydrogens (tertiary/aromatic N) is 4. The van der Waals surface area contributed by atoms with E-state index >= 15 is 0 Å². The van der Waals surface area contributed by atoms with Crippen LogP contribution in [0.15, 0.2) is 20.1 Å². The summed E-state index contributed by atoms with van der Waals surface area (Å²) in [5.41, 5.74) is 3.16. The smallest absolute Gasteiger partial charge is 0.252 e. The third kappa shape index (κ3) is 4.28. The second-order valence-corrected chi connectivity index (χ2v) is 11.2. The van der Waals surface area contributed by atoms with Gasteiger partial charge in [-0.25, -0.2) is 8.42 Å². The fourth-order valence-electron chi connectivity index (χ4n) is 3.31. The molecule has 27 heavy (non-hydrogen) atoms. The van der Waals surface area contributed by atoms with Crippen LogP contribution in [0.3, 0.4) is 0 Å². The maximum Gasteiger partial charge on any atom is 0.252 e. The van der Waals surface area contributed by atoms with Gasteiger partial charge in [-0.05, 0) is 53.9 Å². The molecule has 1 saturated heterocycles. The highest BCUT2D eigenvalue weighted by Gasteiger charge is 2.31. The number of amides is 1. The van der Waals surface area contributed by atoms with Gasteiger partial charge in [-0.1, -0.05) is 0 Å². The molecule has 1 aliphatic heterocycles. The van der Waals surface area contributed by atoms with Crippen LogP contribution in [-0.4, -0.2) is 59.5 Å². The van der Waals surface area contributed by atoms with E-state index in [1.807, 2.05) is 25.6 Å². The van der Waals surface area contributed by atoms with E-state index in [0.717, 1.165) is 20.7 Å². The zero-order valence-electron chi connectivity index (χ0n) is 15.6. The zero-order chi connectivity index (χ0) is 19.8. The number of hydrogen-bond donors (Lipinski definition) is 0. The molecule has 7 nitrogen and oxygen atoms in total. The molecule has 0 bridgehead atoms. The highest BCUT2D eigenvalue weighted by molar-refractivity contribution is 9.11. The van der Waals surface area contributed by atoms with Crippen molar-refractivity contribution < 1.29 is 13.2 Å². The molecule has 0 unspecified atom stereocenters. The summed E-state index contributed by atoms with van der Waals surface area (Å²) in [6.07, 6.45) is 1.07. The predicted octanol–water partition coefficient (Wildman–Crippen LogP) is 2.33. The van der Waals surface area contributed by atoms with Crippen LogP contribution in [-0.2, 0) is 28.3 Å². The van der Waals surface area contributed by atoms with E-state index in [9.17, 15) is 13.2 Å². The third-order valence-corrected chi connectivity index (χ3v) is 8.97. The van der Waals surface area contributed by atoms with Gasteiger partial charge in [-0.2, -0.15) is 9.40 Å². The van der Waals surface area contributed by atoms with Gasteiger partial charge in [0.2, 0.25) is 5.91 Å². The molecule has 1 fully saturated rings. The van der Waals surface area contributed by atoms with E-state index in [-0.39, 0.29) is 5.91 Å². The highest BCUT2D eigenvalue weighted by Crippen LogP contribution is 2.29. The first-order valence-corrected chi connectivity index (χ1v) is 11.8. The predicted molar refractivity (Wildman–Crippen MR) is 108 cm³/mol. The van der Waals surface area contributed by atoms with Gasteiger partial charge in [-0.3, -0.25) is 9.48 Å². The Kier molecular flexibility index (Phi) is 6.09. The molecule has 0 radical (unpaired) electrons. The molecule has 0 atom stereocenters. The van der Waals surface area contributed by atoms with Crippen molar-refractivity contribution in [2.24, 2.45) is 7.05 Å². The van der Waals surface area contributed by atoms with Crippen molar-refractivity contribution in [2.75, 3.05) is 26.2 Å². The Labute approximate surface area is 172 Å². The molecule has 2 aromatic heterocycles. The van der Waals surface area contributed by atoms with Gasteiger partial charge in [0, 0.05) is 45.3 Å². The molecule has 0 saturated carbocycles. The molecule has 2 aromatic rings. The largest absolute Gasteiger partial charge is 0.340 e. The number of halogens is 1. The van der Waals surface area contributed by atoms with Gasteiger partial charge in [0.15, 0.2) is 0 Å². The fraction of sp³-hybridized carbons (Fsp3) is 0.529. The summed E-state index contributed by atoms with van der Waals surface area (Å²) in [6.45, 7) is 5.47. The summed E-state index contributed by atoms with van der Waals surface area (Å²) in [4.78, 5) is 14.3. The van der Waals surface area contributed by atoms with Crippen LogP contribution >= 0.6 is 27.3 Å². The number of carbonyl (C=O) groups is 1. The Hall–Kier alpha value is -1.23. The van der Waals surface area contributed by atoms with Crippen LogP contribution in [0.25, 0.3) is 0 Å². The zero-order valence-corrected chi connectivity index (χ0v) is 18.8. The van der Waals surface area contributed by atoms with Gasteiger partial charge in [-0.15, -0.1) is 11.3 Å². The van der Waals surface area contributed by atoms with Crippen molar-refractivity contribution in [3.63, 3.8) is 0 Å². The summed E-state index contributed by atoms with van der Waals surface area (Å²) in [5, 5.41) is 4.38. The number of aromatic nitrogens is 2. The third-order valence-electron chi connectivity index (χ3n) is 4.98. The van der Waals surface area contributed by atoms with Gasteiger partial charge < -0.3 is 4.90 Å². The Balaban J connectivity index is 1.56. The molecule has 0 N–H and O–H groups in total. The molecule has 1 amide bonds. The Bertz CT molecular complexity index is 944. The maximum atomic E-state index is 12.7. The van der Waals surface area contributed by atoms with Crippen LogP contribution in [0.1, 0.15) is 23.4 Å². The molecule has 148 valence electrons. The lowest BCUT2D eigenvalue weighted by atomic mass is 10.1. The molecule has 1 aliphatic rings. The lowest BCUT2D eigenvalue weighted by molar-refractivity contribution is -0.132. The number of hydrogen-bond acceptors (Lipinski definition) is 5. The van der Waals surface area contributed by atoms with Gasteiger partial charge >= 0.3 is 0 Å². The summed E-state index contributed by atoms with van der Waals surface area (Å²) in [6, 6.07) is 3.35. The van der Waals surface area contributed by atoms with Crippen molar-refractivity contribution in [3.05, 3.63) is 32.9 Å². The Morgan fingerprint density at radius 1 is 1.22 bits per heavy atom. The minimum absolute atomic E-state index is 0.0635. The molecular formula is C17H23BrN4O3S2. The van der Waals surface area contributed by atoms with Crippen molar-refractivity contribution in [1.82, 2.24) is 19.0 Å². The number of aryl methyl sites for hydroxylation is 2. The van der Waals surface area contributed by atoms with E-state index in [0.29, 0.717) is 43.2 Å². The molecule has 3 rings (SSSR count). The van der Waals surface area contributed by atoms with E-state index in [2.05, 4.69) is 21.0 Å². The number of piperazine rings is 1. The number of rotatable bonds is 5. The van der Waals surface area contributed by atoms with E-state index < -0.39 is 10.0 Å².